The summed E-state index contributed by atoms with van der Waals surface area (Å²) < 4.78 is 5.05. The van der Waals surface area contributed by atoms with Gasteiger partial charge in [-0.25, -0.2) is 0 Å². The van der Waals surface area contributed by atoms with Crippen LogP contribution in [0.1, 0.15) is 5.56 Å². The molecule has 0 aliphatic rings. The Labute approximate surface area is 136 Å². The monoisotopic (exact) mass is 333 g/mol. The Morgan fingerprint density at radius 2 is 1.83 bits per heavy atom. The Hall–Kier alpha value is -2.93. The average molecular weight is 334 g/mol. The summed E-state index contributed by atoms with van der Waals surface area (Å²) >= 11 is 5.51. The lowest BCUT2D eigenvalue weighted by Crippen LogP contribution is -2.19. The highest BCUT2D eigenvalue weighted by molar-refractivity contribution is 6.66. The minimum Gasteiger partial charge on any atom is -0.497 e. The molecule has 0 atom stereocenters. The average Bonchev–Trinajstić information content (AvgIpc) is 2.55. The number of ether oxygens (including phenoxy) is 1. The molecule has 2 aromatic rings. The van der Waals surface area contributed by atoms with Crippen LogP contribution < -0.4 is 9.75 Å². The fraction of sp³-hybridized carbons (Fsp3) is 0.0667. The number of hydrogen-bond acceptors (Lipinski definition) is 5. The van der Waals surface area contributed by atoms with Gasteiger partial charge in [0.15, 0.2) is 0 Å². The standard InChI is InChI=1S/C15H12ClN3O4/c1-23-14-8-2-11(3-9-14)10-17-18(15(16)20)12-4-6-13(7-5-12)19(21)22/h2-10H,1H3/b17-10+. The van der Waals surface area contributed by atoms with Gasteiger partial charge >= 0.3 is 5.37 Å². The van der Waals surface area contributed by atoms with E-state index in [1.54, 1.807) is 31.4 Å². The molecule has 0 N–H and O–H groups in total. The van der Waals surface area contributed by atoms with Crippen molar-refractivity contribution in [2.75, 3.05) is 12.1 Å². The zero-order valence-electron chi connectivity index (χ0n) is 12.0. The first-order chi connectivity index (χ1) is 11.0. The SMILES string of the molecule is COc1ccc(/C=N/N(C(=O)Cl)c2ccc([N+](=O)[O-])cc2)cc1. The summed E-state index contributed by atoms with van der Waals surface area (Å²) in [6.07, 6.45) is 1.45. The fourth-order valence-electron chi connectivity index (χ4n) is 1.74. The molecule has 0 spiro atoms. The van der Waals surface area contributed by atoms with Crippen LogP contribution in [0.5, 0.6) is 5.75 Å². The zero-order chi connectivity index (χ0) is 16.8. The number of anilines is 1. The highest BCUT2D eigenvalue weighted by atomic mass is 35.5. The van der Waals surface area contributed by atoms with Gasteiger partial charge in [0.1, 0.15) is 5.75 Å². The molecule has 0 aromatic heterocycles. The molecule has 2 aromatic carbocycles. The zero-order valence-corrected chi connectivity index (χ0v) is 12.8. The van der Waals surface area contributed by atoms with Gasteiger partial charge in [0.2, 0.25) is 0 Å². The third-order valence-electron chi connectivity index (χ3n) is 2.91. The number of nitrogens with zero attached hydrogens (tertiary/aromatic N) is 3. The molecule has 0 saturated heterocycles. The number of carbonyl (C=O) groups is 1. The lowest BCUT2D eigenvalue weighted by molar-refractivity contribution is -0.384. The molecular formula is C15H12ClN3O4. The summed E-state index contributed by atoms with van der Waals surface area (Å²) in [7, 11) is 1.56. The normalized spacial score (nSPS) is 10.5. The van der Waals surface area contributed by atoms with Gasteiger partial charge in [-0.1, -0.05) is 0 Å². The molecule has 0 heterocycles. The number of methoxy groups -OCH3 is 1. The minimum atomic E-state index is -0.830. The van der Waals surface area contributed by atoms with E-state index in [0.29, 0.717) is 11.4 Å². The highest BCUT2D eigenvalue weighted by Crippen LogP contribution is 2.21. The Bertz CT molecular complexity index is 729. The number of rotatable bonds is 5. The molecule has 0 aliphatic heterocycles. The van der Waals surface area contributed by atoms with Gasteiger partial charge in [-0.3, -0.25) is 14.9 Å². The summed E-state index contributed by atoms with van der Waals surface area (Å²) in [5.41, 5.74) is 0.964. The molecule has 2 rings (SSSR count). The second-order valence-electron chi connectivity index (χ2n) is 4.36. The van der Waals surface area contributed by atoms with Gasteiger partial charge in [-0.2, -0.15) is 10.1 Å². The smallest absolute Gasteiger partial charge is 0.341 e. The van der Waals surface area contributed by atoms with Crippen molar-refractivity contribution in [3.8, 4) is 5.75 Å². The van der Waals surface area contributed by atoms with Crippen molar-refractivity contribution < 1.29 is 14.5 Å². The summed E-state index contributed by atoms with van der Waals surface area (Å²) in [4.78, 5) is 21.6. The van der Waals surface area contributed by atoms with E-state index in [4.69, 9.17) is 16.3 Å². The van der Waals surface area contributed by atoms with Crippen LogP contribution in [0.3, 0.4) is 0 Å². The van der Waals surface area contributed by atoms with E-state index in [1.165, 1.54) is 30.5 Å². The molecule has 0 radical (unpaired) electrons. The van der Waals surface area contributed by atoms with Gasteiger partial charge < -0.3 is 4.74 Å². The van der Waals surface area contributed by atoms with Crippen molar-refractivity contribution in [1.82, 2.24) is 0 Å². The Kier molecular flexibility index (Phi) is 5.27. The van der Waals surface area contributed by atoms with E-state index in [1.807, 2.05) is 0 Å². The highest BCUT2D eigenvalue weighted by Gasteiger charge is 2.13. The van der Waals surface area contributed by atoms with Crippen molar-refractivity contribution in [2.45, 2.75) is 0 Å². The van der Waals surface area contributed by atoms with Crippen LogP contribution in [-0.2, 0) is 0 Å². The summed E-state index contributed by atoms with van der Waals surface area (Å²) in [6.45, 7) is 0. The number of benzene rings is 2. The Balaban J connectivity index is 2.22. The predicted molar refractivity (Wildman–Crippen MR) is 87.4 cm³/mol. The van der Waals surface area contributed by atoms with Gasteiger partial charge in [-0.15, -0.1) is 0 Å². The molecule has 7 nitrogen and oxygen atoms in total. The molecule has 0 fully saturated rings. The fourth-order valence-corrected chi connectivity index (χ4v) is 1.88. The quantitative estimate of drug-likeness (QED) is 0.274. The Morgan fingerprint density at radius 3 is 2.30 bits per heavy atom. The maximum atomic E-state index is 11.5. The van der Waals surface area contributed by atoms with Gasteiger partial charge in [0.05, 0.1) is 23.9 Å². The summed E-state index contributed by atoms with van der Waals surface area (Å²) in [6, 6.07) is 12.3. The lowest BCUT2D eigenvalue weighted by atomic mass is 10.2. The van der Waals surface area contributed by atoms with Crippen LogP contribution >= 0.6 is 11.6 Å². The van der Waals surface area contributed by atoms with Crippen LogP contribution in [0.4, 0.5) is 16.2 Å². The van der Waals surface area contributed by atoms with Crippen molar-refractivity contribution in [1.29, 1.82) is 0 Å². The number of hydrazone groups is 1. The van der Waals surface area contributed by atoms with Crippen LogP contribution in [0.15, 0.2) is 53.6 Å². The molecule has 118 valence electrons. The molecule has 0 aliphatic carbocycles. The molecule has 1 amide bonds. The van der Waals surface area contributed by atoms with Crippen LogP contribution in [-0.4, -0.2) is 23.6 Å². The van der Waals surface area contributed by atoms with Crippen molar-refractivity contribution in [2.24, 2.45) is 5.10 Å². The number of nitro groups is 1. The van der Waals surface area contributed by atoms with E-state index in [2.05, 4.69) is 5.10 Å². The van der Waals surface area contributed by atoms with Gasteiger partial charge in [-0.05, 0) is 53.6 Å². The van der Waals surface area contributed by atoms with E-state index in [9.17, 15) is 14.9 Å². The van der Waals surface area contributed by atoms with Crippen LogP contribution in [0, 0.1) is 10.1 Å². The van der Waals surface area contributed by atoms with Gasteiger partial charge in [0.25, 0.3) is 5.69 Å². The van der Waals surface area contributed by atoms with E-state index in [-0.39, 0.29) is 5.69 Å². The van der Waals surface area contributed by atoms with E-state index >= 15 is 0 Å². The topological polar surface area (TPSA) is 85.0 Å². The van der Waals surface area contributed by atoms with E-state index < -0.39 is 10.3 Å². The van der Waals surface area contributed by atoms with Crippen LogP contribution in [0.25, 0.3) is 0 Å². The second kappa shape index (κ2) is 7.37. The van der Waals surface area contributed by atoms with Crippen molar-refractivity contribution >= 4 is 34.6 Å². The van der Waals surface area contributed by atoms with Gasteiger partial charge in [0, 0.05) is 12.1 Å². The first-order valence-corrected chi connectivity index (χ1v) is 6.81. The molecule has 23 heavy (non-hydrogen) atoms. The molecule has 0 bridgehead atoms. The van der Waals surface area contributed by atoms with Crippen molar-refractivity contribution in [3.63, 3.8) is 0 Å². The second-order valence-corrected chi connectivity index (χ2v) is 4.68. The van der Waals surface area contributed by atoms with Crippen LogP contribution in [0.2, 0.25) is 0 Å². The number of nitro benzene ring substituents is 1. The number of amides is 1. The molecule has 0 saturated carbocycles. The summed E-state index contributed by atoms with van der Waals surface area (Å²) in [5, 5.41) is 14.8. The summed E-state index contributed by atoms with van der Waals surface area (Å²) in [5.74, 6) is 0.697. The van der Waals surface area contributed by atoms with E-state index in [0.717, 1.165) is 10.6 Å². The Morgan fingerprint density at radius 1 is 1.22 bits per heavy atom. The number of non-ortho nitro benzene ring substituents is 1. The third-order valence-corrected chi connectivity index (χ3v) is 3.07. The maximum Gasteiger partial charge on any atom is 0.341 e. The maximum absolute atomic E-state index is 11.5. The third kappa shape index (κ3) is 4.27. The van der Waals surface area contributed by atoms with Crippen molar-refractivity contribution in [3.05, 3.63) is 64.2 Å². The molecule has 8 heteroatoms. The number of carbonyl (C=O) groups excluding carboxylic acids is 1. The minimum absolute atomic E-state index is 0.0881. The number of halogens is 1. The largest absolute Gasteiger partial charge is 0.497 e. The molecular weight excluding hydrogens is 322 g/mol. The lowest BCUT2D eigenvalue weighted by Gasteiger charge is -2.13. The first kappa shape index (κ1) is 16.4. The number of hydrogen-bond donors (Lipinski definition) is 0. The predicted octanol–water partition coefficient (Wildman–Crippen LogP) is 3.80. The first-order valence-electron chi connectivity index (χ1n) is 6.43. The molecule has 0 unspecified atom stereocenters.